The zero-order chi connectivity index (χ0) is 21.3. The number of pyridine rings is 1. The number of ether oxygens (including phenoxy) is 1. The van der Waals surface area contributed by atoms with E-state index >= 15 is 0 Å². The molecule has 1 aliphatic rings. The van der Waals surface area contributed by atoms with Crippen molar-refractivity contribution in [3.05, 3.63) is 48.2 Å². The lowest BCUT2D eigenvalue weighted by atomic mass is 10.1. The minimum absolute atomic E-state index is 0.136. The van der Waals surface area contributed by atoms with Crippen molar-refractivity contribution in [2.24, 2.45) is 5.92 Å². The van der Waals surface area contributed by atoms with Gasteiger partial charge in [0.05, 0.1) is 7.11 Å². The predicted octanol–water partition coefficient (Wildman–Crippen LogP) is 3.26. The number of anilines is 2. The van der Waals surface area contributed by atoms with Gasteiger partial charge in [-0.25, -0.2) is 9.78 Å². The third kappa shape index (κ3) is 5.78. The average Bonchev–Trinajstić information content (AvgIpc) is 3.27. The van der Waals surface area contributed by atoms with Crippen LogP contribution in [0.4, 0.5) is 16.3 Å². The molecule has 1 aliphatic heterocycles. The summed E-state index contributed by atoms with van der Waals surface area (Å²) in [5, 5.41) is 5.93. The van der Waals surface area contributed by atoms with Crippen LogP contribution in [-0.2, 0) is 6.54 Å². The van der Waals surface area contributed by atoms with Gasteiger partial charge in [0, 0.05) is 57.2 Å². The predicted molar refractivity (Wildman–Crippen MR) is 121 cm³/mol. The summed E-state index contributed by atoms with van der Waals surface area (Å²) in [6.45, 7) is 9.16. The van der Waals surface area contributed by atoms with Crippen molar-refractivity contribution in [3.8, 4) is 5.75 Å². The largest absolute Gasteiger partial charge is 0.497 e. The van der Waals surface area contributed by atoms with E-state index in [0.717, 1.165) is 49.7 Å². The third-order valence-corrected chi connectivity index (χ3v) is 5.61. The number of aromatic nitrogens is 1. The van der Waals surface area contributed by atoms with Crippen LogP contribution in [0.3, 0.4) is 0 Å². The molecule has 7 nitrogen and oxygen atoms in total. The number of rotatable bonds is 9. The standard InChI is InChI=1S/C23H33N5O2/c1-4-27(5-2)22-10-9-18(14-24-22)15-25-23(29)26-16-19-11-12-28(17-19)20-7-6-8-21(13-20)30-3/h6-10,13-14,19H,4-5,11-12,15-17H2,1-3H3,(H2,25,26,29). The van der Waals surface area contributed by atoms with Gasteiger partial charge in [0.1, 0.15) is 11.6 Å². The lowest BCUT2D eigenvalue weighted by Gasteiger charge is -2.20. The van der Waals surface area contributed by atoms with Crippen LogP contribution in [0.15, 0.2) is 42.6 Å². The van der Waals surface area contributed by atoms with Gasteiger partial charge in [-0.3, -0.25) is 0 Å². The molecule has 30 heavy (non-hydrogen) atoms. The van der Waals surface area contributed by atoms with E-state index < -0.39 is 0 Å². The van der Waals surface area contributed by atoms with Crippen molar-refractivity contribution in [3.63, 3.8) is 0 Å². The van der Waals surface area contributed by atoms with Gasteiger partial charge in [0.25, 0.3) is 0 Å². The van der Waals surface area contributed by atoms with Gasteiger partial charge in [0.15, 0.2) is 0 Å². The smallest absolute Gasteiger partial charge is 0.315 e. The van der Waals surface area contributed by atoms with Crippen molar-refractivity contribution in [1.82, 2.24) is 15.6 Å². The van der Waals surface area contributed by atoms with Crippen molar-refractivity contribution in [2.45, 2.75) is 26.8 Å². The van der Waals surface area contributed by atoms with Crippen molar-refractivity contribution in [1.29, 1.82) is 0 Å². The molecule has 3 rings (SSSR count). The van der Waals surface area contributed by atoms with E-state index in [-0.39, 0.29) is 6.03 Å². The van der Waals surface area contributed by atoms with Crippen LogP contribution < -0.4 is 25.2 Å². The normalized spacial score (nSPS) is 15.7. The molecule has 1 unspecified atom stereocenters. The van der Waals surface area contributed by atoms with Crippen LogP contribution in [-0.4, -0.2) is 50.8 Å². The van der Waals surface area contributed by atoms with E-state index in [9.17, 15) is 4.79 Å². The van der Waals surface area contributed by atoms with Gasteiger partial charge in [0.2, 0.25) is 0 Å². The Morgan fingerprint density at radius 3 is 2.77 bits per heavy atom. The fourth-order valence-electron chi connectivity index (χ4n) is 3.78. The Bertz CT molecular complexity index is 807. The van der Waals surface area contributed by atoms with E-state index in [1.165, 1.54) is 5.69 Å². The second-order valence-corrected chi connectivity index (χ2v) is 7.56. The zero-order valence-electron chi connectivity index (χ0n) is 18.2. The molecule has 1 saturated heterocycles. The van der Waals surface area contributed by atoms with E-state index in [1.807, 2.05) is 30.5 Å². The number of nitrogens with zero attached hydrogens (tertiary/aromatic N) is 3. The maximum atomic E-state index is 12.2. The molecular weight excluding hydrogens is 378 g/mol. The molecule has 1 aromatic heterocycles. The quantitative estimate of drug-likeness (QED) is 0.663. The first kappa shape index (κ1) is 21.7. The summed E-state index contributed by atoms with van der Waals surface area (Å²) in [6.07, 6.45) is 2.89. The highest BCUT2D eigenvalue weighted by molar-refractivity contribution is 5.73. The Morgan fingerprint density at radius 2 is 2.07 bits per heavy atom. The summed E-state index contributed by atoms with van der Waals surface area (Å²) in [4.78, 5) is 21.2. The minimum atomic E-state index is -0.136. The lowest BCUT2D eigenvalue weighted by Crippen LogP contribution is -2.38. The molecule has 0 aliphatic carbocycles. The molecule has 0 bridgehead atoms. The topological polar surface area (TPSA) is 69.7 Å². The van der Waals surface area contributed by atoms with Crippen LogP contribution in [0.1, 0.15) is 25.8 Å². The van der Waals surface area contributed by atoms with E-state index in [2.05, 4.69) is 51.4 Å². The van der Waals surface area contributed by atoms with Gasteiger partial charge in [-0.2, -0.15) is 0 Å². The Hall–Kier alpha value is -2.96. The Labute approximate surface area is 179 Å². The first-order valence-electron chi connectivity index (χ1n) is 10.7. The van der Waals surface area contributed by atoms with Crippen molar-refractivity contribution < 1.29 is 9.53 Å². The first-order chi connectivity index (χ1) is 14.6. The lowest BCUT2D eigenvalue weighted by molar-refractivity contribution is 0.239. The highest BCUT2D eigenvalue weighted by atomic mass is 16.5. The second-order valence-electron chi connectivity index (χ2n) is 7.56. The molecule has 2 aromatic rings. The number of amides is 2. The Kier molecular flexibility index (Phi) is 7.76. The summed E-state index contributed by atoms with van der Waals surface area (Å²) >= 11 is 0. The highest BCUT2D eigenvalue weighted by Crippen LogP contribution is 2.26. The fraction of sp³-hybridized carbons (Fsp3) is 0.478. The summed E-state index contributed by atoms with van der Waals surface area (Å²) < 4.78 is 5.31. The molecule has 0 radical (unpaired) electrons. The first-order valence-corrected chi connectivity index (χ1v) is 10.7. The molecule has 1 fully saturated rings. The maximum Gasteiger partial charge on any atom is 0.315 e. The summed E-state index contributed by atoms with van der Waals surface area (Å²) in [6, 6.07) is 12.0. The second kappa shape index (κ2) is 10.7. The third-order valence-electron chi connectivity index (χ3n) is 5.61. The molecule has 0 spiro atoms. The molecule has 1 atom stereocenters. The number of methoxy groups -OCH3 is 1. The van der Waals surface area contributed by atoms with Crippen LogP contribution >= 0.6 is 0 Å². The Balaban J connectivity index is 1.40. The van der Waals surface area contributed by atoms with Gasteiger partial charge < -0.3 is 25.2 Å². The molecule has 1 aromatic carbocycles. The number of hydrogen-bond acceptors (Lipinski definition) is 5. The highest BCUT2D eigenvalue weighted by Gasteiger charge is 2.23. The van der Waals surface area contributed by atoms with Crippen LogP contribution in [0, 0.1) is 5.92 Å². The van der Waals surface area contributed by atoms with Crippen molar-refractivity contribution >= 4 is 17.5 Å². The average molecular weight is 412 g/mol. The zero-order valence-corrected chi connectivity index (χ0v) is 18.2. The number of hydrogen-bond donors (Lipinski definition) is 2. The minimum Gasteiger partial charge on any atom is -0.497 e. The molecule has 2 N–H and O–H groups in total. The van der Waals surface area contributed by atoms with Gasteiger partial charge in [-0.15, -0.1) is 0 Å². The molecular formula is C23H33N5O2. The SMILES string of the molecule is CCN(CC)c1ccc(CNC(=O)NCC2CCN(c3cccc(OC)c3)C2)cn1. The molecule has 7 heteroatoms. The van der Waals surface area contributed by atoms with Gasteiger partial charge >= 0.3 is 6.03 Å². The monoisotopic (exact) mass is 411 g/mol. The summed E-state index contributed by atoms with van der Waals surface area (Å²) in [5.74, 6) is 2.28. The summed E-state index contributed by atoms with van der Waals surface area (Å²) in [7, 11) is 1.68. The Morgan fingerprint density at radius 1 is 1.23 bits per heavy atom. The van der Waals surface area contributed by atoms with E-state index in [0.29, 0.717) is 19.0 Å². The molecule has 162 valence electrons. The number of nitrogens with one attached hydrogen (secondary N) is 2. The van der Waals surface area contributed by atoms with Gasteiger partial charge in [-0.05, 0) is 49.9 Å². The fourth-order valence-corrected chi connectivity index (χ4v) is 3.78. The number of benzene rings is 1. The van der Waals surface area contributed by atoms with Crippen LogP contribution in [0.2, 0.25) is 0 Å². The van der Waals surface area contributed by atoms with Gasteiger partial charge in [-0.1, -0.05) is 12.1 Å². The van der Waals surface area contributed by atoms with E-state index in [4.69, 9.17) is 4.74 Å². The maximum absolute atomic E-state index is 12.2. The molecule has 0 saturated carbocycles. The number of carbonyl (C=O) groups excluding carboxylic acids is 1. The summed E-state index contributed by atoms with van der Waals surface area (Å²) in [5.41, 5.74) is 2.16. The van der Waals surface area contributed by atoms with Crippen LogP contribution in [0.5, 0.6) is 5.75 Å². The molecule has 2 amide bonds. The van der Waals surface area contributed by atoms with Crippen LogP contribution in [0.25, 0.3) is 0 Å². The van der Waals surface area contributed by atoms with E-state index in [1.54, 1.807) is 7.11 Å². The van der Waals surface area contributed by atoms with Crippen molar-refractivity contribution in [2.75, 3.05) is 49.6 Å². The molecule has 2 heterocycles. The number of urea groups is 1. The number of carbonyl (C=O) groups is 1.